The van der Waals surface area contributed by atoms with Gasteiger partial charge in [-0.25, -0.2) is 4.98 Å². The van der Waals surface area contributed by atoms with Crippen molar-refractivity contribution in [3.05, 3.63) is 95.2 Å². The van der Waals surface area contributed by atoms with Crippen LogP contribution in [0.25, 0.3) is 10.8 Å². The lowest BCUT2D eigenvalue weighted by atomic mass is 9.81. The normalized spacial score (nSPS) is 14.9. The molecule has 0 bridgehead atoms. The summed E-state index contributed by atoms with van der Waals surface area (Å²) in [5.74, 6) is 1.28. The van der Waals surface area contributed by atoms with Gasteiger partial charge < -0.3 is 9.30 Å². The SMILES string of the molecule is CCCCn1cnc2c(c1=N)[C@H](c1ccccc1)c1c(ccc3ccccc13)O2. The molecule has 4 aromatic rings. The van der Waals surface area contributed by atoms with E-state index in [4.69, 9.17) is 10.1 Å². The number of hydrogen-bond acceptors (Lipinski definition) is 3. The molecule has 2 heterocycles. The monoisotopic (exact) mass is 381 g/mol. The number of aromatic nitrogens is 2. The van der Waals surface area contributed by atoms with Crippen molar-refractivity contribution in [3.63, 3.8) is 0 Å². The van der Waals surface area contributed by atoms with Crippen molar-refractivity contribution in [2.75, 3.05) is 0 Å². The Bertz CT molecular complexity index is 1240. The summed E-state index contributed by atoms with van der Waals surface area (Å²) in [6.07, 6.45) is 3.84. The van der Waals surface area contributed by atoms with Gasteiger partial charge in [-0.2, -0.15) is 0 Å². The van der Waals surface area contributed by atoms with Crippen molar-refractivity contribution >= 4 is 10.8 Å². The summed E-state index contributed by atoms with van der Waals surface area (Å²) in [5, 5.41) is 11.3. The third kappa shape index (κ3) is 2.92. The number of unbranched alkanes of at least 4 members (excludes halogenated alkanes) is 1. The first-order valence-corrected chi connectivity index (χ1v) is 10.2. The second kappa shape index (κ2) is 7.21. The van der Waals surface area contributed by atoms with Crippen LogP contribution in [0.3, 0.4) is 0 Å². The van der Waals surface area contributed by atoms with Gasteiger partial charge in [0.05, 0.1) is 5.56 Å². The molecule has 1 aromatic heterocycles. The van der Waals surface area contributed by atoms with Crippen LogP contribution in [-0.4, -0.2) is 9.55 Å². The second-order valence-electron chi connectivity index (χ2n) is 7.50. The maximum Gasteiger partial charge on any atom is 0.228 e. The number of rotatable bonds is 4. The zero-order valence-electron chi connectivity index (χ0n) is 16.4. The van der Waals surface area contributed by atoms with E-state index >= 15 is 0 Å². The molecule has 5 rings (SSSR count). The maximum absolute atomic E-state index is 8.98. The number of ether oxygens (including phenoxy) is 1. The van der Waals surface area contributed by atoms with Gasteiger partial charge >= 0.3 is 0 Å². The van der Waals surface area contributed by atoms with Crippen LogP contribution in [0.4, 0.5) is 0 Å². The van der Waals surface area contributed by atoms with Crippen molar-refractivity contribution in [1.29, 1.82) is 5.41 Å². The summed E-state index contributed by atoms with van der Waals surface area (Å²) in [4.78, 5) is 4.61. The first-order chi connectivity index (χ1) is 14.3. The minimum Gasteiger partial charge on any atom is -0.438 e. The Hall–Kier alpha value is -3.40. The van der Waals surface area contributed by atoms with Gasteiger partial charge in [-0.1, -0.05) is 74.0 Å². The average Bonchev–Trinajstić information content (AvgIpc) is 2.78. The Morgan fingerprint density at radius 2 is 1.76 bits per heavy atom. The minimum atomic E-state index is -0.0878. The van der Waals surface area contributed by atoms with Crippen LogP contribution < -0.4 is 10.2 Å². The Balaban J connectivity index is 1.81. The second-order valence-corrected chi connectivity index (χ2v) is 7.50. The highest BCUT2D eigenvalue weighted by Crippen LogP contribution is 2.47. The summed E-state index contributed by atoms with van der Waals surface area (Å²) in [7, 11) is 0. The number of aryl methyl sites for hydroxylation is 1. The summed E-state index contributed by atoms with van der Waals surface area (Å²) >= 11 is 0. The van der Waals surface area contributed by atoms with Crippen LogP contribution in [0.15, 0.2) is 73.1 Å². The lowest BCUT2D eigenvalue weighted by molar-refractivity contribution is 0.422. The standard InChI is InChI=1S/C25H23N3O/c1-2-3-15-28-16-27-25-23(24(28)26)21(18-10-5-4-6-11-18)22-19-12-8-7-9-17(19)13-14-20(22)29-25/h4-14,16,21,26H,2-3,15H2,1H3/t21-/m1/s1. The summed E-state index contributed by atoms with van der Waals surface area (Å²) in [5.41, 5.74) is 3.60. The van der Waals surface area contributed by atoms with Gasteiger partial charge in [-0.05, 0) is 28.8 Å². The van der Waals surface area contributed by atoms with Gasteiger partial charge in [0.15, 0.2) is 0 Å². The average molecular weight is 381 g/mol. The molecule has 0 unspecified atom stereocenters. The van der Waals surface area contributed by atoms with Gasteiger partial charge in [0, 0.05) is 18.0 Å². The molecule has 0 radical (unpaired) electrons. The van der Waals surface area contributed by atoms with Crippen LogP contribution in [0.5, 0.6) is 11.6 Å². The van der Waals surface area contributed by atoms with E-state index in [1.807, 2.05) is 16.7 Å². The van der Waals surface area contributed by atoms with Crippen LogP contribution >= 0.6 is 0 Å². The molecule has 0 spiro atoms. The summed E-state index contributed by atoms with van der Waals surface area (Å²) < 4.78 is 8.18. The van der Waals surface area contributed by atoms with Crippen molar-refractivity contribution in [3.8, 4) is 11.6 Å². The highest BCUT2D eigenvalue weighted by atomic mass is 16.5. The predicted molar refractivity (Wildman–Crippen MR) is 114 cm³/mol. The highest BCUT2D eigenvalue weighted by Gasteiger charge is 2.33. The number of nitrogens with zero attached hydrogens (tertiary/aromatic N) is 2. The fourth-order valence-corrected chi connectivity index (χ4v) is 4.23. The van der Waals surface area contributed by atoms with E-state index in [9.17, 15) is 0 Å². The van der Waals surface area contributed by atoms with E-state index < -0.39 is 0 Å². The Labute approximate surface area is 169 Å². The predicted octanol–water partition coefficient (Wildman–Crippen LogP) is 5.60. The van der Waals surface area contributed by atoms with Gasteiger partial charge in [-0.3, -0.25) is 5.41 Å². The lowest BCUT2D eigenvalue weighted by Crippen LogP contribution is -2.30. The number of hydrogen-bond donors (Lipinski definition) is 1. The number of nitrogens with one attached hydrogen (secondary N) is 1. The van der Waals surface area contributed by atoms with E-state index in [1.54, 1.807) is 6.33 Å². The quantitative estimate of drug-likeness (QED) is 0.440. The van der Waals surface area contributed by atoms with E-state index in [-0.39, 0.29) is 5.92 Å². The molecule has 4 heteroatoms. The van der Waals surface area contributed by atoms with E-state index in [0.717, 1.165) is 47.2 Å². The maximum atomic E-state index is 8.98. The van der Waals surface area contributed by atoms with Crippen LogP contribution in [0.2, 0.25) is 0 Å². The summed E-state index contributed by atoms with van der Waals surface area (Å²) in [6, 6.07) is 22.9. The van der Waals surface area contributed by atoms with Crippen LogP contribution in [-0.2, 0) is 6.54 Å². The fourth-order valence-electron chi connectivity index (χ4n) is 4.23. The minimum absolute atomic E-state index is 0.0878. The molecule has 144 valence electrons. The topological polar surface area (TPSA) is 50.9 Å². The largest absolute Gasteiger partial charge is 0.438 e. The molecule has 1 aliphatic rings. The molecule has 1 atom stereocenters. The zero-order valence-corrected chi connectivity index (χ0v) is 16.4. The van der Waals surface area contributed by atoms with E-state index in [1.165, 1.54) is 5.39 Å². The Morgan fingerprint density at radius 1 is 0.966 bits per heavy atom. The first kappa shape index (κ1) is 17.7. The highest BCUT2D eigenvalue weighted by molar-refractivity contribution is 5.90. The molecule has 1 N–H and O–H groups in total. The van der Waals surface area contributed by atoms with E-state index in [0.29, 0.717) is 11.4 Å². The fraction of sp³-hybridized carbons (Fsp3) is 0.200. The molecule has 29 heavy (non-hydrogen) atoms. The van der Waals surface area contributed by atoms with Gasteiger partial charge in [-0.15, -0.1) is 0 Å². The molecule has 4 nitrogen and oxygen atoms in total. The lowest BCUT2D eigenvalue weighted by Gasteiger charge is -2.29. The van der Waals surface area contributed by atoms with Crippen molar-refractivity contribution < 1.29 is 4.74 Å². The Kier molecular flexibility index (Phi) is 4.39. The number of benzene rings is 3. The molecular weight excluding hydrogens is 358 g/mol. The third-order valence-electron chi connectivity index (χ3n) is 5.69. The smallest absolute Gasteiger partial charge is 0.228 e. The van der Waals surface area contributed by atoms with Crippen molar-refractivity contribution in [1.82, 2.24) is 9.55 Å². The van der Waals surface area contributed by atoms with Crippen LogP contribution in [0.1, 0.15) is 42.4 Å². The van der Waals surface area contributed by atoms with Crippen LogP contribution in [0, 0.1) is 5.41 Å². The molecule has 0 amide bonds. The van der Waals surface area contributed by atoms with Crippen molar-refractivity contribution in [2.45, 2.75) is 32.2 Å². The van der Waals surface area contributed by atoms with E-state index in [2.05, 4.69) is 66.5 Å². The van der Waals surface area contributed by atoms with Gasteiger partial charge in [0.25, 0.3) is 0 Å². The van der Waals surface area contributed by atoms with Crippen molar-refractivity contribution in [2.24, 2.45) is 0 Å². The van der Waals surface area contributed by atoms with Gasteiger partial charge in [0.2, 0.25) is 5.88 Å². The molecule has 0 saturated heterocycles. The molecule has 0 aliphatic carbocycles. The van der Waals surface area contributed by atoms with Gasteiger partial charge in [0.1, 0.15) is 17.6 Å². The molecule has 0 fully saturated rings. The zero-order chi connectivity index (χ0) is 19.8. The Morgan fingerprint density at radius 3 is 2.59 bits per heavy atom. The molecule has 0 saturated carbocycles. The third-order valence-corrected chi connectivity index (χ3v) is 5.69. The number of fused-ring (bicyclic) bond motifs is 4. The molecular formula is C25H23N3O. The molecule has 1 aliphatic heterocycles. The first-order valence-electron chi connectivity index (χ1n) is 10.2. The molecule has 3 aromatic carbocycles. The summed E-state index contributed by atoms with van der Waals surface area (Å²) in [6.45, 7) is 2.95.